The topological polar surface area (TPSA) is 29.1 Å². The van der Waals surface area contributed by atoms with Crippen molar-refractivity contribution in [3.63, 3.8) is 0 Å². The van der Waals surface area contributed by atoms with Crippen molar-refractivity contribution in [2.75, 3.05) is 5.33 Å². The second-order valence-electron chi connectivity index (χ2n) is 4.16. The number of amides is 1. The molecule has 1 atom stereocenters. The Kier molecular flexibility index (Phi) is 6.00. The van der Waals surface area contributed by atoms with Crippen LogP contribution in [-0.2, 0) is 0 Å². The molecule has 0 saturated carbocycles. The third kappa shape index (κ3) is 4.68. The molecule has 0 fully saturated rings. The average molecular weight is 319 g/mol. The second-order valence-corrected chi connectivity index (χ2v) is 5.39. The van der Waals surface area contributed by atoms with E-state index >= 15 is 0 Å². The van der Waals surface area contributed by atoms with E-state index in [-0.39, 0.29) is 11.9 Å². The number of nitrogens with one attached hydrogen (secondary N) is 1. The van der Waals surface area contributed by atoms with Gasteiger partial charge in [0.15, 0.2) is 0 Å². The number of carbonyl (C=O) groups excluding carboxylic acids is 1. The minimum atomic E-state index is -0.0266. The van der Waals surface area contributed by atoms with Crippen molar-refractivity contribution < 1.29 is 4.79 Å². The predicted octanol–water partition coefficient (Wildman–Crippen LogP) is 3.94. The van der Waals surface area contributed by atoms with Crippen molar-refractivity contribution in [1.29, 1.82) is 0 Å². The van der Waals surface area contributed by atoms with Gasteiger partial charge in [0.2, 0.25) is 0 Å². The third-order valence-corrected chi connectivity index (χ3v) is 3.38. The summed E-state index contributed by atoms with van der Waals surface area (Å²) in [6.45, 7) is 3.91. The van der Waals surface area contributed by atoms with Gasteiger partial charge in [-0.05, 0) is 50.5 Å². The number of aryl methyl sites for hydroxylation is 1. The van der Waals surface area contributed by atoms with Crippen molar-refractivity contribution in [2.45, 2.75) is 32.7 Å². The number of halogens is 2. The molecule has 0 heterocycles. The Morgan fingerprint density at radius 2 is 2.24 bits per heavy atom. The number of hydrogen-bond acceptors (Lipinski definition) is 1. The molecule has 1 unspecified atom stereocenters. The minimum Gasteiger partial charge on any atom is -0.350 e. The smallest absolute Gasteiger partial charge is 0.251 e. The summed E-state index contributed by atoms with van der Waals surface area (Å²) < 4.78 is 0. The van der Waals surface area contributed by atoms with E-state index in [1.165, 1.54) is 0 Å². The van der Waals surface area contributed by atoms with Crippen LogP contribution < -0.4 is 5.32 Å². The molecule has 1 aromatic carbocycles. The molecule has 2 nitrogen and oxygen atoms in total. The number of hydrogen-bond donors (Lipinski definition) is 1. The van der Waals surface area contributed by atoms with Gasteiger partial charge in [-0.3, -0.25) is 4.79 Å². The lowest BCUT2D eigenvalue weighted by Crippen LogP contribution is -2.32. The molecule has 0 radical (unpaired) electrons. The summed E-state index contributed by atoms with van der Waals surface area (Å²) in [7, 11) is 0. The molecular formula is C13H17BrClNO. The van der Waals surface area contributed by atoms with Crippen LogP contribution in [0.25, 0.3) is 0 Å². The summed E-state index contributed by atoms with van der Waals surface area (Å²) in [6, 6.07) is 5.51. The van der Waals surface area contributed by atoms with Crippen LogP contribution in [0.15, 0.2) is 18.2 Å². The summed E-state index contributed by atoms with van der Waals surface area (Å²) in [5.41, 5.74) is 1.60. The van der Waals surface area contributed by atoms with Gasteiger partial charge in [-0.1, -0.05) is 27.5 Å². The molecule has 0 aliphatic rings. The molecular weight excluding hydrogens is 302 g/mol. The van der Waals surface area contributed by atoms with Crippen LogP contribution in [-0.4, -0.2) is 17.3 Å². The monoisotopic (exact) mass is 317 g/mol. The fraction of sp³-hybridized carbons (Fsp3) is 0.462. The van der Waals surface area contributed by atoms with Crippen molar-refractivity contribution in [3.05, 3.63) is 34.3 Å². The lowest BCUT2D eigenvalue weighted by Gasteiger charge is -2.14. The standard InChI is InChI=1S/C13H17BrClNO/c1-9-8-11(15)5-6-12(9)13(17)16-10(2)4-3-7-14/h5-6,8,10H,3-4,7H2,1-2H3,(H,16,17). The Morgan fingerprint density at radius 3 is 2.82 bits per heavy atom. The third-order valence-electron chi connectivity index (χ3n) is 2.58. The highest BCUT2D eigenvalue weighted by Crippen LogP contribution is 2.15. The number of rotatable bonds is 5. The van der Waals surface area contributed by atoms with Gasteiger partial charge in [-0.2, -0.15) is 0 Å². The van der Waals surface area contributed by atoms with E-state index in [2.05, 4.69) is 21.2 Å². The average Bonchev–Trinajstić information content (AvgIpc) is 2.26. The molecule has 0 aliphatic carbocycles. The second kappa shape index (κ2) is 7.02. The van der Waals surface area contributed by atoms with Gasteiger partial charge < -0.3 is 5.32 Å². The maximum absolute atomic E-state index is 12.0. The van der Waals surface area contributed by atoms with Gasteiger partial charge in [-0.15, -0.1) is 0 Å². The first kappa shape index (κ1) is 14.5. The maximum atomic E-state index is 12.0. The van der Waals surface area contributed by atoms with Crippen LogP contribution in [0.5, 0.6) is 0 Å². The van der Waals surface area contributed by atoms with Gasteiger partial charge in [0.25, 0.3) is 5.91 Å². The van der Waals surface area contributed by atoms with E-state index in [9.17, 15) is 4.79 Å². The number of alkyl halides is 1. The minimum absolute atomic E-state index is 0.0266. The summed E-state index contributed by atoms with van der Waals surface area (Å²) in [5.74, 6) is -0.0266. The molecule has 0 saturated heterocycles. The van der Waals surface area contributed by atoms with Crippen molar-refractivity contribution in [3.8, 4) is 0 Å². The number of benzene rings is 1. The zero-order valence-electron chi connectivity index (χ0n) is 10.1. The van der Waals surface area contributed by atoms with E-state index in [0.29, 0.717) is 10.6 Å². The van der Waals surface area contributed by atoms with Crippen molar-refractivity contribution in [1.82, 2.24) is 5.32 Å². The molecule has 0 bridgehead atoms. The number of carbonyl (C=O) groups is 1. The quantitative estimate of drug-likeness (QED) is 0.819. The highest BCUT2D eigenvalue weighted by molar-refractivity contribution is 9.09. The van der Waals surface area contributed by atoms with Crippen LogP contribution in [0.4, 0.5) is 0 Å². The molecule has 1 rings (SSSR count). The van der Waals surface area contributed by atoms with Crippen molar-refractivity contribution >= 4 is 33.4 Å². The summed E-state index contributed by atoms with van der Waals surface area (Å²) >= 11 is 9.24. The van der Waals surface area contributed by atoms with E-state index in [4.69, 9.17) is 11.6 Å². The van der Waals surface area contributed by atoms with Crippen LogP contribution in [0.2, 0.25) is 5.02 Å². The summed E-state index contributed by atoms with van der Waals surface area (Å²) in [4.78, 5) is 12.0. The first-order chi connectivity index (χ1) is 8.04. The molecule has 0 aliphatic heterocycles. The van der Waals surface area contributed by atoms with E-state index < -0.39 is 0 Å². The fourth-order valence-electron chi connectivity index (χ4n) is 1.64. The van der Waals surface area contributed by atoms with Gasteiger partial charge in [-0.25, -0.2) is 0 Å². The fourth-order valence-corrected chi connectivity index (χ4v) is 2.19. The Bertz CT molecular complexity index is 395. The van der Waals surface area contributed by atoms with E-state index in [1.807, 2.05) is 13.8 Å². The van der Waals surface area contributed by atoms with E-state index in [1.54, 1.807) is 18.2 Å². The lowest BCUT2D eigenvalue weighted by molar-refractivity contribution is 0.0938. The van der Waals surface area contributed by atoms with Crippen LogP contribution in [0.1, 0.15) is 35.7 Å². The van der Waals surface area contributed by atoms with Crippen molar-refractivity contribution in [2.24, 2.45) is 0 Å². The van der Waals surface area contributed by atoms with Crippen LogP contribution in [0.3, 0.4) is 0 Å². The molecule has 1 amide bonds. The zero-order chi connectivity index (χ0) is 12.8. The lowest BCUT2D eigenvalue weighted by atomic mass is 10.1. The predicted molar refractivity (Wildman–Crippen MR) is 76.1 cm³/mol. The Morgan fingerprint density at radius 1 is 1.53 bits per heavy atom. The first-order valence-electron chi connectivity index (χ1n) is 5.67. The molecule has 94 valence electrons. The largest absolute Gasteiger partial charge is 0.350 e. The zero-order valence-corrected chi connectivity index (χ0v) is 12.4. The highest BCUT2D eigenvalue weighted by atomic mass is 79.9. The SMILES string of the molecule is Cc1cc(Cl)ccc1C(=O)NC(C)CCCBr. The Balaban J connectivity index is 2.63. The van der Waals surface area contributed by atoms with Gasteiger partial charge in [0, 0.05) is 22.0 Å². The first-order valence-corrected chi connectivity index (χ1v) is 7.17. The van der Waals surface area contributed by atoms with Crippen LogP contribution >= 0.6 is 27.5 Å². The molecule has 17 heavy (non-hydrogen) atoms. The summed E-state index contributed by atoms with van der Waals surface area (Å²) in [5, 5.41) is 4.61. The molecule has 4 heteroatoms. The highest BCUT2D eigenvalue weighted by Gasteiger charge is 2.11. The van der Waals surface area contributed by atoms with Gasteiger partial charge in [0.05, 0.1) is 0 Å². The van der Waals surface area contributed by atoms with Gasteiger partial charge in [0.1, 0.15) is 0 Å². The van der Waals surface area contributed by atoms with E-state index in [0.717, 1.165) is 23.7 Å². The molecule has 1 N–H and O–H groups in total. The van der Waals surface area contributed by atoms with Crippen LogP contribution in [0, 0.1) is 6.92 Å². The molecule has 1 aromatic rings. The van der Waals surface area contributed by atoms with Gasteiger partial charge >= 0.3 is 0 Å². The summed E-state index contributed by atoms with van der Waals surface area (Å²) in [6.07, 6.45) is 2.03. The Labute approximate surface area is 116 Å². The molecule has 0 spiro atoms. The molecule has 0 aromatic heterocycles. The maximum Gasteiger partial charge on any atom is 0.251 e. The Hall–Kier alpha value is -0.540. The normalized spacial score (nSPS) is 12.2.